The molecule has 4 rings (SSSR count). The predicted octanol–water partition coefficient (Wildman–Crippen LogP) is 4.84. The molecule has 0 bridgehead atoms. The van der Waals surface area contributed by atoms with Crippen molar-refractivity contribution in [1.82, 2.24) is 10.6 Å². The van der Waals surface area contributed by atoms with Crippen LogP contribution in [0.5, 0.6) is 5.75 Å². The van der Waals surface area contributed by atoms with Crippen LogP contribution in [0.3, 0.4) is 0 Å². The first-order valence-corrected chi connectivity index (χ1v) is 10.5. The van der Waals surface area contributed by atoms with Crippen LogP contribution in [0.15, 0.2) is 90.1 Å². The molecule has 5 nitrogen and oxygen atoms in total. The second kappa shape index (κ2) is 9.62. The molecule has 1 aliphatic rings. The molecule has 0 radical (unpaired) electrons. The van der Waals surface area contributed by atoms with Crippen molar-refractivity contribution in [3.63, 3.8) is 0 Å². The zero-order valence-corrected chi connectivity index (χ0v) is 18.2. The Bertz CT molecular complexity index is 1160. The van der Waals surface area contributed by atoms with Crippen LogP contribution in [0.2, 0.25) is 0 Å². The van der Waals surface area contributed by atoms with Crippen LogP contribution in [0.25, 0.3) is 0 Å². The third kappa shape index (κ3) is 4.95. The molecule has 0 fully saturated rings. The van der Waals surface area contributed by atoms with Crippen molar-refractivity contribution < 1.29 is 13.9 Å². The van der Waals surface area contributed by atoms with Gasteiger partial charge in [0.1, 0.15) is 18.2 Å². The van der Waals surface area contributed by atoms with Gasteiger partial charge in [-0.15, -0.1) is 0 Å². The van der Waals surface area contributed by atoms with Gasteiger partial charge in [-0.1, -0.05) is 48.5 Å². The maximum atomic E-state index is 13.2. The smallest absolute Gasteiger partial charge is 0.255 e. The number of halogens is 1. The molecule has 0 spiro atoms. The Morgan fingerprint density at radius 3 is 2.47 bits per heavy atom. The molecule has 3 aromatic carbocycles. The highest BCUT2D eigenvalue weighted by molar-refractivity contribution is 7.80. The van der Waals surface area contributed by atoms with Crippen molar-refractivity contribution in [2.24, 2.45) is 0 Å². The quantitative estimate of drug-likeness (QED) is 0.472. The maximum absolute atomic E-state index is 13.2. The van der Waals surface area contributed by atoms with Crippen molar-refractivity contribution in [2.45, 2.75) is 19.6 Å². The Hall–Kier alpha value is -3.71. The van der Waals surface area contributed by atoms with Crippen LogP contribution in [0.1, 0.15) is 24.1 Å². The molecule has 0 saturated carbocycles. The summed E-state index contributed by atoms with van der Waals surface area (Å²) in [5, 5.41) is 9.46. The van der Waals surface area contributed by atoms with Crippen LogP contribution in [0, 0.1) is 5.82 Å². The van der Waals surface area contributed by atoms with Gasteiger partial charge in [-0.2, -0.15) is 0 Å². The van der Waals surface area contributed by atoms with E-state index in [2.05, 4.69) is 16.0 Å². The predicted molar refractivity (Wildman–Crippen MR) is 127 cm³/mol. The van der Waals surface area contributed by atoms with E-state index in [1.165, 1.54) is 24.3 Å². The van der Waals surface area contributed by atoms with E-state index in [1.807, 2.05) is 54.6 Å². The first kappa shape index (κ1) is 21.5. The second-order valence-electron chi connectivity index (χ2n) is 7.34. The van der Waals surface area contributed by atoms with Gasteiger partial charge in [-0.05, 0) is 55.0 Å². The number of benzene rings is 3. The average molecular weight is 448 g/mol. The Morgan fingerprint density at radius 2 is 1.72 bits per heavy atom. The highest BCUT2D eigenvalue weighted by Gasteiger charge is 2.31. The lowest BCUT2D eigenvalue weighted by molar-refractivity contribution is -0.113. The summed E-state index contributed by atoms with van der Waals surface area (Å²) >= 11 is 5.36. The van der Waals surface area contributed by atoms with Gasteiger partial charge in [-0.3, -0.25) is 4.79 Å². The number of rotatable bonds is 6. The summed E-state index contributed by atoms with van der Waals surface area (Å²) in [4.78, 5) is 13.2. The Balaban J connectivity index is 1.63. The maximum Gasteiger partial charge on any atom is 0.255 e. The highest BCUT2D eigenvalue weighted by Crippen LogP contribution is 2.34. The van der Waals surface area contributed by atoms with Gasteiger partial charge in [0.05, 0.1) is 11.6 Å². The van der Waals surface area contributed by atoms with Crippen LogP contribution in [-0.2, 0) is 11.4 Å². The van der Waals surface area contributed by atoms with E-state index in [-0.39, 0.29) is 11.7 Å². The summed E-state index contributed by atoms with van der Waals surface area (Å²) in [5.74, 6) is -0.0370. The molecule has 1 heterocycles. The summed E-state index contributed by atoms with van der Waals surface area (Å²) in [5.41, 5.74) is 3.43. The summed E-state index contributed by atoms with van der Waals surface area (Å²) in [6.45, 7) is 2.19. The standard InChI is InChI=1S/C25H22FN3O2S/c1-16-22(24(30)28-19-13-11-18(26)12-14-19)23(29-25(32)27-16)20-9-5-6-10-21(20)31-15-17-7-3-2-4-8-17/h2-14,23H,15H2,1H3,(H,28,30)(H2,27,29,32)/t23-/m0/s1. The Labute approximate surface area is 191 Å². The average Bonchev–Trinajstić information content (AvgIpc) is 2.79. The normalized spacial score (nSPS) is 15.6. The van der Waals surface area contributed by atoms with Gasteiger partial charge in [0.25, 0.3) is 5.91 Å². The lowest BCUT2D eigenvalue weighted by atomic mass is 9.94. The monoisotopic (exact) mass is 447 g/mol. The van der Waals surface area contributed by atoms with Gasteiger partial charge in [0, 0.05) is 16.9 Å². The van der Waals surface area contributed by atoms with Gasteiger partial charge >= 0.3 is 0 Å². The highest BCUT2D eigenvalue weighted by atomic mass is 32.1. The molecule has 32 heavy (non-hydrogen) atoms. The minimum Gasteiger partial charge on any atom is -0.489 e. The van der Waals surface area contributed by atoms with Crippen molar-refractivity contribution in [3.8, 4) is 5.75 Å². The van der Waals surface area contributed by atoms with Crippen molar-refractivity contribution >= 4 is 28.9 Å². The van der Waals surface area contributed by atoms with Gasteiger partial charge < -0.3 is 20.7 Å². The summed E-state index contributed by atoms with van der Waals surface area (Å²) in [6, 6.07) is 22.5. The molecule has 0 unspecified atom stereocenters. The molecule has 3 aromatic rings. The third-order valence-electron chi connectivity index (χ3n) is 5.08. The molecule has 1 atom stereocenters. The summed E-state index contributed by atoms with van der Waals surface area (Å²) in [7, 11) is 0. The van der Waals surface area contributed by atoms with Crippen LogP contribution < -0.4 is 20.7 Å². The van der Waals surface area contributed by atoms with E-state index in [0.29, 0.717) is 34.4 Å². The number of amides is 1. The molecule has 0 saturated heterocycles. The van der Waals surface area contributed by atoms with Crippen LogP contribution in [-0.4, -0.2) is 11.0 Å². The van der Waals surface area contributed by atoms with E-state index in [9.17, 15) is 9.18 Å². The summed E-state index contributed by atoms with van der Waals surface area (Å²) in [6.07, 6.45) is 0. The zero-order valence-electron chi connectivity index (χ0n) is 17.4. The lowest BCUT2D eigenvalue weighted by Crippen LogP contribution is -2.45. The number of ether oxygens (including phenoxy) is 1. The molecular formula is C25H22FN3O2S. The summed E-state index contributed by atoms with van der Waals surface area (Å²) < 4.78 is 19.3. The van der Waals surface area contributed by atoms with Crippen molar-refractivity contribution in [1.29, 1.82) is 0 Å². The molecule has 162 valence electrons. The minimum absolute atomic E-state index is 0.320. The van der Waals surface area contributed by atoms with Crippen LogP contribution in [0.4, 0.5) is 10.1 Å². The first-order valence-electron chi connectivity index (χ1n) is 10.1. The lowest BCUT2D eigenvalue weighted by Gasteiger charge is -2.31. The van der Waals surface area contributed by atoms with Gasteiger partial charge in [-0.25, -0.2) is 4.39 Å². The number of nitrogens with one attached hydrogen (secondary N) is 3. The molecule has 1 amide bonds. The van der Waals surface area contributed by atoms with Crippen molar-refractivity contribution in [2.75, 3.05) is 5.32 Å². The fourth-order valence-electron chi connectivity index (χ4n) is 3.55. The Kier molecular flexibility index (Phi) is 6.47. The number of anilines is 1. The second-order valence-corrected chi connectivity index (χ2v) is 7.75. The number of hydrogen-bond donors (Lipinski definition) is 3. The van der Waals surface area contributed by atoms with Crippen molar-refractivity contribution in [3.05, 3.63) is 107 Å². The molecule has 1 aliphatic heterocycles. The van der Waals surface area contributed by atoms with E-state index < -0.39 is 6.04 Å². The number of allylic oxidation sites excluding steroid dienone is 1. The van der Waals surface area contributed by atoms with Crippen LogP contribution >= 0.6 is 12.2 Å². The van der Waals surface area contributed by atoms with E-state index in [0.717, 1.165) is 11.1 Å². The molecule has 3 N–H and O–H groups in total. The topological polar surface area (TPSA) is 62.4 Å². The van der Waals surface area contributed by atoms with E-state index >= 15 is 0 Å². The van der Waals surface area contributed by atoms with E-state index in [4.69, 9.17) is 17.0 Å². The molecule has 7 heteroatoms. The molecule has 0 aromatic heterocycles. The fraction of sp³-hybridized carbons (Fsp3) is 0.120. The Morgan fingerprint density at radius 1 is 1.03 bits per heavy atom. The third-order valence-corrected chi connectivity index (χ3v) is 5.30. The largest absolute Gasteiger partial charge is 0.489 e. The number of para-hydroxylation sites is 1. The fourth-order valence-corrected chi connectivity index (χ4v) is 3.82. The number of hydrogen-bond acceptors (Lipinski definition) is 3. The van der Waals surface area contributed by atoms with Gasteiger partial charge in [0.2, 0.25) is 0 Å². The van der Waals surface area contributed by atoms with E-state index in [1.54, 1.807) is 6.92 Å². The molecular weight excluding hydrogens is 425 g/mol. The minimum atomic E-state index is -0.517. The number of carbonyl (C=O) groups is 1. The SMILES string of the molecule is CC1=C(C(=O)Nc2ccc(F)cc2)[C@H](c2ccccc2OCc2ccccc2)NC(=S)N1. The number of thiocarbonyl (C=S) groups is 1. The first-order chi connectivity index (χ1) is 15.5. The zero-order chi connectivity index (χ0) is 22.5. The number of carbonyl (C=O) groups excluding carboxylic acids is 1. The van der Waals surface area contributed by atoms with Gasteiger partial charge in [0.15, 0.2) is 5.11 Å². The molecule has 0 aliphatic carbocycles.